The highest BCUT2D eigenvalue weighted by atomic mass is 35.5. The molecule has 0 radical (unpaired) electrons. The number of halogens is 1. The molecule has 0 aliphatic heterocycles. The van der Waals surface area contributed by atoms with E-state index in [1.54, 1.807) is 42.2 Å². The third-order valence-corrected chi connectivity index (χ3v) is 6.54. The summed E-state index contributed by atoms with van der Waals surface area (Å²) in [5, 5.41) is 8.94. The summed E-state index contributed by atoms with van der Waals surface area (Å²) in [4.78, 5) is 35.2. The molecule has 5 rings (SSSR count). The Morgan fingerprint density at radius 2 is 1.83 bits per heavy atom. The number of nitrogens with zero attached hydrogens (tertiary/aromatic N) is 7. The number of anilines is 1. The van der Waals surface area contributed by atoms with Gasteiger partial charge >= 0.3 is 0 Å². The second-order valence-corrected chi connectivity index (χ2v) is 8.77. The topological polar surface area (TPSA) is 115 Å². The Morgan fingerprint density at radius 3 is 2.54 bits per heavy atom. The highest BCUT2D eigenvalue weighted by molar-refractivity contribution is 6.35. The Hall–Kier alpha value is -4.18. The number of para-hydroxylation sites is 1. The standard InChI is InChI=1S/C24H23ClN8O2/c1-13(34)32(4)33(12-20-28-19-7-5-6-17(25)22(19)30(20)2)24(35)14-8-9-18-15(10-14)21-16(23(26)29-18)11-27-31(21)3/h5-11H,12H2,1-4H3,(H2,26,29). The summed E-state index contributed by atoms with van der Waals surface area (Å²) in [6.07, 6.45) is 1.65. The summed E-state index contributed by atoms with van der Waals surface area (Å²) in [6.45, 7) is 1.47. The normalized spacial score (nSPS) is 11.5. The van der Waals surface area contributed by atoms with Crippen molar-refractivity contribution in [1.82, 2.24) is 34.3 Å². The predicted molar refractivity (Wildman–Crippen MR) is 134 cm³/mol. The number of amides is 2. The van der Waals surface area contributed by atoms with Crippen LogP contribution in [0, 0.1) is 0 Å². The highest BCUT2D eigenvalue weighted by Crippen LogP contribution is 2.29. The van der Waals surface area contributed by atoms with Crippen molar-refractivity contribution in [3.63, 3.8) is 0 Å². The molecule has 35 heavy (non-hydrogen) atoms. The van der Waals surface area contributed by atoms with E-state index in [4.69, 9.17) is 17.3 Å². The van der Waals surface area contributed by atoms with Gasteiger partial charge in [0.2, 0.25) is 5.91 Å². The number of aromatic nitrogens is 5. The van der Waals surface area contributed by atoms with Crippen LogP contribution < -0.4 is 5.73 Å². The molecule has 11 heteroatoms. The molecule has 5 aromatic rings. The minimum atomic E-state index is -0.366. The van der Waals surface area contributed by atoms with Gasteiger partial charge < -0.3 is 10.3 Å². The van der Waals surface area contributed by atoms with Gasteiger partial charge in [-0.25, -0.2) is 15.0 Å². The molecule has 0 unspecified atom stereocenters. The van der Waals surface area contributed by atoms with Crippen LogP contribution in [0.4, 0.5) is 5.82 Å². The van der Waals surface area contributed by atoms with E-state index in [2.05, 4.69) is 15.1 Å². The van der Waals surface area contributed by atoms with Crippen molar-refractivity contribution in [2.75, 3.05) is 12.8 Å². The summed E-state index contributed by atoms with van der Waals surface area (Å²) in [7, 11) is 5.19. The monoisotopic (exact) mass is 490 g/mol. The number of hydrogen-bond donors (Lipinski definition) is 1. The largest absolute Gasteiger partial charge is 0.383 e. The minimum Gasteiger partial charge on any atom is -0.383 e. The Balaban J connectivity index is 1.61. The molecule has 0 atom stereocenters. The zero-order valence-corrected chi connectivity index (χ0v) is 20.4. The van der Waals surface area contributed by atoms with Crippen molar-refractivity contribution in [2.45, 2.75) is 13.5 Å². The number of fused-ring (bicyclic) bond motifs is 4. The van der Waals surface area contributed by atoms with E-state index in [1.165, 1.54) is 16.9 Å². The van der Waals surface area contributed by atoms with E-state index in [0.29, 0.717) is 38.6 Å². The third kappa shape index (κ3) is 3.62. The van der Waals surface area contributed by atoms with E-state index >= 15 is 0 Å². The first-order valence-electron chi connectivity index (χ1n) is 10.8. The maximum absolute atomic E-state index is 13.8. The van der Waals surface area contributed by atoms with E-state index in [9.17, 15) is 9.59 Å². The second-order valence-electron chi connectivity index (χ2n) is 8.36. The molecular weight excluding hydrogens is 468 g/mol. The van der Waals surface area contributed by atoms with Gasteiger partial charge in [0.15, 0.2) is 0 Å². The van der Waals surface area contributed by atoms with Gasteiger partial charge in [0.1, 0.15) is 18.2 Å². The number of imidazole rings is 1. The first-order chi connectivity index (χ1) is 16.7. The lowest BCUT2D eigenvalue weighted by atomic mass is 10.1. The van der Waals surface area contributed by atoms with Gasteiger partial charge in [-0.3, -0.25) is 19.3 Å². The average molecular weight is 491 g/mol. The highest BCUT2D eigenvalue weighted by Gasteiger charge is 2.26. The molecule has 0 fully saturated rings. The number of benzene rings is 2. The van der Waals surface area contributed by atoms with Crippen LogP contribution in [0.2, 0.25) is 5.02 Å². The summed E-state index contributed by atoms with van der Waals surface area (Å²) in [6, 6.07) is 10.6. The molecule has 10 nitrogen and oxygen atoms in total. The Morgan fingerprint density at radius 1 is 1.06 bits per heavy atom. The van der Waals surface area contributed by atoms with Gasteiger partial charge in [-0.05, 0) is 30.3 Å². The van der Waals surface area contributed by atoms with Crippen LogP contribution in [0.3, 0.4) is 0 Å². The molecule has 2 N–H and O–H groups in total. The first-order valence-corrected chi connectivity index (χ1v) is 11.2. The number of aryl methyl sites for hydroxylation is 2. The quantitative estimate of drug-likeness (QED) is 0.388. The van der Waals surface area contributed by atoms with Crippen LogP contribution in [0.25, 0.3) is 32.8 Å². The lowest BCUT2D eigenvalue weighted by molar-refractivity contribution is -0.140. The van der Waals surface area contributed by atoms with Crippen molar-refractivity contribution < 1.29 is 9.59 Å². The molecule has 0 aliphatic carbocycles. The molecule has 0 bridgehead atoms. The van der Waals surface area contributed by atoms with Crippen molar-refractivity contribution in [3.8, 4) is 0 Å². The Labute approximate surface area is 205 Å². The predicted octanol–water partition coefficient (Wildman–Crippen LogP) is 3.28. The van der Waals surface area contributed by atoms with E-state index in [-0.39, 0.29) is 18.4 Å². The van der Waals surface area contributed by atoms with Gasteiger partial charge in [0.25, 0.3) is 5.91 Å². The lowest BCUT2D eigenvalue weighted by Crippen LogP contribution is -2.46. The number of carbonyl (C=O) groups is 2. The molecule has 0 aliphatic rings. The van der Waals surface area contributed by atoms with Crippen LogP contribution in [0.15, 0.2) is 42.6 Å². The van der Waals surface area contributed by atoms with E-state index in [1.807, 2.05) is 30.8 Å². The molecule has 0 saturated heterocycles. The van der Waals surface area contributed by atoms with Gasteiger partial charge in [-0.1, -0.05) is 17.7 Å². The fraction of sp³-hybridized carbons (Fsp3) is 0.208. The van der Waals surface area contributed by atoms with Crippen LogP contribution in [-0.2, 0) is 25.4 Å². The molecular formula is C24H23ClN8O2. The zero-order valence-electron chi connectivity index (χ0n) is 19.7. The maximum Gasteiger partial charge on any atom is 0.272 e. The van der Waals surface area contributed by atoms with Crippen LogP contribution in [0.5, 0.6) is 0 Å². The smallest absolute Gasteiger partial charge is 0.272 e. The second kappa shape index (κ2) is 8.24. The number of nitrogen functional groups attached to an aromatic ring is 1. The number of rotatable bonds is 3. The fourth-order valence-electron chi connectivity index (χ4n) is 4.27. The summed E-state index contributed by atoms with van der Waals surface area (Å²) in [5.41, 5.74) is 9.37. The molecule has 3 heterocycles. The van der Waals surface area contributed by atoms with E-state index < -0.39 is 0 Å². The molecule has 178 valence electrons. The molecule has 2 amide bonds. The average Bonchev–Trinajstić information content (AvgIpc) is 3.37. The number of carbonyl (C=O) groups excluding carboxylic acids is 2. The molecule has 0 spiro atoms. The fourth-order valence-corrected chi connectivity index (χ4v) is 4.56. The minimum absolute atomic E-state index is 0.0650. The molecule has 2 aromatic carbocycles. The van der Waals surface area contributed by atoms with Crippen molar-refractivity contribution >= 4 is 62.1 Å². The Bertz CT molecular complexity index is 1650. The van der Waals surface area contributed by atoms with Gasteiger partial charge in [-0.15, -0.1) is 0 Å². The summed E-state index contributed by atoms with van der Waals surface area (Å²) in [5.74, 6) is 0.297. The summed E-state index contributed by atoms with van der Waals surface area (Å²) >= 11 is 6.37. The van der Waals surface area contributed by atoms with Crippen molar-refractivity contribution in [3.05, 3.63) is 59.0 Å². The van der Waals surface area contributed by atoms with Crippen molar-refractivity contribution in [1.29, 1.82) is 0 Å². The SMILES string of the molecule is CC(=O)N(C)N(Cc1nc2cccc(Cl)c2n1C)C(=O)c1ccc2nc(N)c3cnn(C)c3c2c1. The number of nitrogens with two attached hydrogens (primary N) is 1. The molecule has 0 saturated carbocycles. The molecule has 3 aromatic heterocycles. The third-order valence-electron chi connectivity index (χ3n) is 6.24. The van der Waals surface area contributed by atoms with Crippen LogP contribution >= 0.6 is 11.6 Å². The number of hydrogen-bond acceptors (Lipinski definition) is 6. The maximum atomic E-state index is 13.8. The first kappa shape index (κ1) is 22.6. The van der Waals surface area contributed by atoms with Crippen LogP contribution in [-0.4, -0.2) is 53.2 Å². The van der Waals surface area contributed by atoms with Gasteiger partial charge in [0, 0.05) is 39.0 Å². The Kier molecular flexibility index (Phi) is 5.32. The van der Waals surface area contributed by atoms with Gasteiger partial charge in [-0.2, -0.15) is 5.10 Å². The zero-order chi connectivity index (χ0) is 25.0. The van der Waals surface area contributed by atoms with Crippen LogP contribution in [0.1, 0.15) is 23.1 Å². The van der Waals surface area contributed by atoms with E-state index in [0.717, 1.165) is 16.4 Å². The number of pyridine rings is 1. The van der Waals surface area contributed by atoms with Crippen molar-refractivity contribution in [2.24, 2.45) is 14.1 Å². The summed E-state index contributed by atoms with van der Waals surface area (Å²) < 4.78 is 3.53. The number of hydrazine groups is 1. The van der Waals surface area contributed by atoms with Gasteiger partial charge in [0.05, 0.1) is 38.7 Å². The lowest BCUT2D eigenvalue weighted by Gasteiger charge is -2.31.